The van der Waals surface area contributed by atoms with Gasteiger partial charge < -0.3 is 9.32 Å². The van der Waals surface area contributed by atoms with E-state index in [4.69, 9.17) is 4.42 Å². The van der Waals surface area contributed by atoms with Crippen molar-refractivity contribution in [2.45, 2.75) is 11.4 Å². The van der Waals surface area contributed by atoms with E-state index in [2.05, 4.69) is 10.3 Å². The average molecular weight is 459 g/mol. The van der Waals surface area contributed by atoms with Gasteiger partial charge in [0.15, 0.2) is 15.2 Å². The minimum Gasteiger partial charge on any atom is -0.464 e. The Labute approximate surface area is 188 Å². The molecule has 1 aromatic carbocycles. The maximum atomic E-state index is 13.2. The van der Waals surface area contributed by atoms with Crippen LogP contribution in [0.3, 0.4) is 0 Å². The normalized spacial score (nSPS) is 24.0. The molecule has 2 amide bonds. The molecule has 0 saturated heterocycles. The number of furan rings is 1. The fraction of sp³-hybridized carbons (Fsp3) is 0.125. The average Bonchev–Trinajstić information content (AvgIpc) is 3.40. The molecule has 0 saturated carbocycles. The molecule has 4 aliphatic rings. The van der Waals surface area contributed by atoms with E-state index >= 15 is 0 Å². The third-order valence-corrected chi connectivity index (χ3v) is 7.49. The summed E-state index contributed by atoms with van der Waals surface area (Å²) in [5.41, 5.74) is 2.79. The zero-order valence-corrected chi connectivity index (χ0v) is 18.2. The number of nitrogens with zero attached hydrogens (tertiary/aromatic N) is 2. The van der Waals surface area contributed by atoms with Crippen LogP contribution in [0.1, 0.15) is 5.56 Å². The highest BCUT2D eigenvalue weighted by atomic mass is 32.2. The SMILES string of the molecule is CS(=O)(=O)C1C(C2=C(c3cccc4ccoc34)C(=O)NC2=O)=C2C=CC=C3C=NC=CN1C32. The van der Waals surface area contributed by atoms with E-state index < -0.39 is 33.1 Å². The summed E-state index contributed by atoms with van der Waals surface area (Å²) in [6.45, 7) is 0. The van der Waals surface area contributed by atoms with E-state index in [0.717, 1.165) is 17.2 Å². The van der Waals surface area contributed by atoms with Crippen LogP contribution in [0.2, 0.25) is 0 Å². The molecule has 2 aromatic rings. The second kappa shape index (κ2) is 6.76. The number of allylic oxidation sites excluding steroid dienone is 2. The number of imide groups is 1. The first kappa shape index (κ1) is 19.7. The second-order valence-electron chi connectivity index (χ2n) is 8.18. The lowest BCUT2D eigenvalue weighted by atomic mass is 9.88. The molecule has 2 unspecified atom stereocenters. The fourth-order valence-corrected chi connectivity index (χ4v) is 6.32. The Kier molecular flexibility index (Phi) is 4.03. The zero-order chi connectivity index (χ0) is 22.9. The summed E-state index contributed by atoms with van der Waals surface area (Å²) < 4.78 is 31.8. The molecule has 6 rings (SSSR count). The predicted octanol–water partition coefficient (Wildman–Crippen LogP) is 2.25. The van der Waals surface area contributed by atoms with Gasteiger partial charge >= 0.3 is 0 Å². The van der Waals surface area contributed by atoms with E-state index in [1.807, 2.05) is 12.1 Å². The Bertz CT molecular complexity index is 1570. The number of benzene rings is 1. The van der Waals surface area contributed by atoms with Crippen LogP contribution in [0.25, 0.3) is 16.5 Å². The van der Waals surface area contributed by atoms with E-state index in [1.165, 1.54) is 12.5 Å². The number of carbonyl (C=O) groups excluding carboxylic acids is 2. The summed E-state index contributed by atoms with van der Waals surface area (Å²) in [5, 5.41) is 1.97. The first-order valence-corrected chi connectivity index (χ1v) is 12.2. The molecule has 3 aliphatic heterocycles. The molecule has 0 radical (unpaired) electrons. The lowest BCUT2D eigenvalue weighted by Crippen LogP contribution is -2.40. The van der Waals surface area contributed by atoms with Gasteiger partial charge in [0.05, 0.1) is 23.5 Å². The Balaban J connectivity index is 1.70. The van der Waals surface area contributed by atoms with Crippen LogP contribution in [0, 0.1) is 0 Å². The minimum atomic E-state index is -3.74. The van der Waals surface area contributed by atoms with E-state index in [9.17, 15) is 18.0 Å². The highest BCUT2D eigenvalue weighted by Gasteiger charge is 2.50. The molecule has 164 valence electrons. The van der Waals surface area contributed by atoms with Crippen molar-refractivity contribution in [3.05, 3.63) is 89.0 Å². The van der Waals surface area contributed by atoms with Gasteiger partial charge in [-0.05, 0) is 17.2 Å². The quantitative estimate of drug-likeness (QED) is 0.706. The van der Waals surface area contributed by atoms with Crippen molar-refractivity contribution in [3.8, 4) is 0 Å². The van der Waals surface area contributed by atoms with Crippen molar-refractivity contribution in [1.82, 2.24) is 10.2 Å². The number of aliphatic imine (C=N–C) groups is 1. The molecule has 8 nitrogen and oxygen atoms in total. The van der Waals surface area contributed by atoms with E-state index in [-0.39, 0.29) is 11.1 Å². The van der Waals surface area contributed by atoms with Crippen LogP contribution in [-0.4, -0.2) is 49.0 Å². The predicted molar refractivity (Wildman–Crippen MR) is 122 cm³/mol. The topological polar surface area (TPSA) is 109 Å². The standard InChI is InChI=1S/C24H17N3O5S/c1-33(30,31)24-18(15-6-3-5-14-12-25-9-10-27(24)20(14)15)19-17(22(28)26-23(19)29)16-7-2-4-13-8-11-32-21(13)16/h2-12,20,24H,1H3,(H,26,28,29). The Morgan fingerprint density at radius 3 is 2.76 bits per heavy atom. The van der Waals surface area contributed by atoms with Crippen LogP contribution in [0.15, 0.2) is 92.9 Å². The lowest BCUT2D eigenvalue weighted by Gasteiger charge is -2.30. The van der Waals surface area contributed by atoms with Crippen molar-refractivity contribution in [1.29, 1.82) is 0 Å². The number of para-hydroxylation sites is 1. The highest BCUT2D eigenvalue weighted by molar-refractivity contribution is 7.91. The Morgan fingerprint density at radius 2 is 1.94 bits per heavy atom. The number of sulfone groups is 1. The van der Waals surface area contributed by atoms with Crippen molar-refractivity contribution in [2.75, 3.05) is 6.26 Å². The van der Waals surface area contributed by atoms with Gasteiger partial charge in [-0.1, -0.05) is 36.4 Å². The second-order valence-corrected chi connectivity index (χ2v) is 10.3. The number of amides is 2. The smallest absolute Gasteiger partial charge is 0.259 e. The highest BCUT2D eigenvalue weighted by Crippen LogP contribution is 2.46. The molecule has 33 heavy (non-hydrogen) atoms. The van der Waals surface area contributed by atoms with Gasteiger partial charge in [0.1, 0.15) is 5.58 Å². The van der Waals surface area contributed by atoms with Gasteiger partial charge in [-0.25, -0.2) is 8.42 Å². The summed E-state index contributed by atoms with van der Waals surface area (Å²) in [5.74, 6) is -1.22. The summed E-state index contributed by atoms with van der Waals surface area (Å²) in [6, 6.07) is 6.62. The first-order valence-electron chi connectivity index (χ1n) is 10.2. The third-order valence-electron chi connectivity index (χ3n) is 6.20. The largest absolute Gasteiger partial charge is 0.464 e. The number of fused-ring (bicyclic) bond motifs is 1. The molecule has 1 aliphatic carbocycles. The summed E-state index contributed by atoms with van der Waals surface area (Å²) >= 11 is 0. The third kappa shape index (κ3) is 2.75. The zero-order valence-electron chi connectivity index (χ0n) is 17.3. The molecule has 0 spiro atoms. The van der Waals surface area contributed by atoms with Gasteiger partial charge in [-0.15, -0.1) is 0 Å². The van der Waals surface area contributed by atoms with Gasteiger partial charge in [0.25, 0.3) is 11.8 Å². The van der Waals surface area contributed by atoms with Crippen LogP contribution >= 0.6 is 0 Å². The monoisotopic (exact) mass is 459 g/mol. The molecular weight excluding hydrogens is 442 g/mol. The molecule has 1 N–H and O–H groups in total. The minimum absolute atomic E-state index is 0.0543. The Hall–Kier alpha value is -3.98. The summed E-state index contributed by atoms with van der Waals surface area (Å²) in [6.07, 6.45) is 12.9. The lowest BCUT2D eigenvalue weighted by molar-refractivity contribution is -0.123. The van der Waals surface area contributed by atoms with Gasteiger partial charge in [-0.2, -0.15) is 0 Å². The summed E-state index contributed by atoms with van der Waals surface area (Å²) in [7, 11) is -3.74. The van der Waals surface area contributed by atoms with Crippen LogP contribution in [-0.2, 0) is 19.4 Å². The summed E-state index contributed by atoms with van der Waals surface area (Å²) in [4.78, 5) is 32.1. The van der Waals surface area contributed by atoms with Crippen molar-refractivity contribution in [3.63, 3.8) is 0 Å². The number of hydrogen-bond donors (Lipinski definition) is 1. The first-order chi connectivity index (χ1) is 15.9. The van der Waals surface area contributed by atoms with Crippen molar-refractivity contribution < 1.29 is 22.4 Å². The van der Waals surface area contributed by atoms with Crippen molar-refractivity contribution >= 4 is 44.4 Å². The molecule has 0 bridgehead atoms. The van der Waals surface area contributed by atoms with Crippen LogP contribution in [0.4, 0.5) is 0 Å². The van der Waals surface area contributed by atoms with Gasteiger partial charge in [0, 0.05) is 41.4 Å². The maximum absolute atomic E-state index is 13.2. The Morgan fingerprint density at radius 1 is 1.12 bits per heavy atom. The van der Waals surface area contributed by atoms with E-state index in [1.54, 1.807) is 47.7 Å². The van der Waals surface area contributed by atoms with Crippen LogP contribution in [0.5, 0.6) is 0 Å². The molecule has 1 aromatic heterocycles. The number of hydrogen-bond acceptors (Lipinski definition) is 7. The maximum Gasteiger partial charge on any atom is 0.259 e. The van der Waals surface area contributed by atoms with E-state index in [0.29, 0.717) is 22.3 Å². The van der Waals surface area contributed by atoms with Gasteiger partial charge in [-0.3, -0.25) is 19.9 Å². The molecule has 4 heterocycles. The number of nitrogens with one attached hydrogen (secondary N) is 1. The van der Waals surface area contributed by atoms with Crippen molar-refractivity contribution in [2.24, 2.45) is 4.99 Å². The van der Waals surface area contributed by atoms with Gasteiger partial charge in [0.2, 0.25) is 0 Å². The van der Waals surface area contributed by atoms with Crippen LogP contribution < -0.4 is 5.32 Å². The molecule has 0 fully saturated rings. The molecule has 2 atom stereocenters. The molecular formula is C24H17N3O5S. The number of carbonyl (C=O) groups is 2. The number of rotatable bonds is 3. The fourth-order valence-electron chi connectivity index (χ4n) is 5.01. The molecule has 9 heteroatoms.